The molecule has 0 heterocycles. The third-order valence-electron chi connectivity index (χ3n) is 1.59. The minimum absolute atomic E-state index is 0. The van der Waals surface area contributed by atoms with E-state index in [-0.39, 0.29) is 24.5 Å². The highest BCUT2D eigenvalue weighted by atomic mass is 35.5. The lowest BCUT2D eigenvalue weighted by atomic mass is 10.1. The largest absolute Gasteiger partial charge is 0.314 e. The second-order valence-corrected chi connectivity index (χ2v) is 2.60. The number of benzene rings is 1. The predicted octanol–water partition coefficient (Wildman–Crippen LogP) is 2.42. The van der Waals surface area contributed by atoms with Crippen LogP contribution in [0.5, 0.6) is 0 Å². The lowest BCUT2D eigenvalue weighted by Crippen LogP contribution is -2.27. The van der Waals surface area contributed by atoms with Gasteiger partial charge in [0, 0.05) is 5.56 Å². The maximum Gasteiger partial charge on any atom is 0.285 e. The van der Waals surface area contributed by atoms with Crippen LogP contribution in [0, 0.1) is 0 Å². The summed E-state index contributed by atoms with van der Waals surface area (Å²) < 4.78 is 26.2. The number of halogens is 3. The van der Waals surface area contributed by atoms with Crippen LogP contribution in [0.2, 0.25) is 0 Å². The van der Waals surface area contributed by atoms with Gasteiger partial charge in [0.25, 0.3) is 5.92 Å². The molecule has 4 heteroatoms. The van der Waals surface area contributed by atoms with Gasteiger partial charge in [-0.15, -0.1) is 12.4 Å². The Kier molecular flexibility index (Phi) is 4.88. The Morgan fingerprint density at radius 1 is 1.23 bits per heavy atom. The summed E-state index contributed by atoms with van der Waals surface area (Å²) in [6, 6.07) is 7.80. The molecule has 0 atom stereocenters. The first-order chi connectivity index (χ1) is 5.67. The fourth-order valence-corrected chi connectivity index (χ4v) is 1.01. The van der Waals surface area contributed by atoms with E-state index in [0.29, 0.717) is 0 Å². The maximum atomic E-state index is 13.1. The Bertz CT molecular complexity index is 239. The van der Waals surface area contributed by atoms with Crippen molar-refractivity contribution in [3.63, 3.8) is 0 Å². The van der Waals surface area contributed by atoms with Crippen molar-refractivity contribution in [1.82, 2.24) is 5.32 Å². The number of hydrogen-bond donors (Lipinski definition) is 1. The molecule has 0 saturated carbocycles. The van der Waals surface area contributed by atoms with Crippen LogP contribution in [0.4, 0.5) is 8.78 Å². The van der Waals surface area contributed by atoms with Crippen LogP contribution >= 0.6 is 12.4 Å². The summed E-state index contributed by atoms with van der Waals surface area (Å²) in [4.78, 5) is 0. The Hall–Kier alpha value is -0.670. The van der Waals surface area contributed by atoms with Crippen LogP contribution in [0.15, 0.2) is 30.3 Å². The molecule has 0 aromatic heterocycles. The molecule has 1 aromatic carbocycles. The van der Waals surface area contributed by atoms with Crippen LogP contribution in [-0.2, 0) is 5.92 Å². The molecule has 0 unspecified atom stereocenters. The van der Waals surface area contributed by atoms with Gasteiger partial charge in [-0.3, -0.25) is 0 Å². The minimum Gasteiger partial charge on any atom is -0.314 e. The van der Waals surface area contributed by atoms with E-state index >= 15 is 0 Å². The van der Waals surface area contributed by atoms with E-state index in [4.69, 9.17) is 0 Å². The van der Waals surface area contributed by atoms with Crippen LogP contribution in [0.1, 0.15) is 5.56 Å². The van der Waals surface area contributed by atoms with E-state index in [1.54, 1.807) is 18.2 Å². The number of likely N-dealkylation sites (N-methyl/N-ethyl adjacent to an activating group) is 1. The molecule has 0 radical (unpaired) electrons. The molecule has 0 bridgehead atoms. The van der Waals surface area contributed by atoms with Gasteiger partial charge in [-0.05, 0) is 7.05 Å². The van der Waals surface area contributed by atoms with Crippen molar-refractivity contribution < 1.29 is 8.78 Å². The summed E-state index contributed by atoms with van der Waals surface area (Å²) in [5.74, 6) is -2.77. The Morgan fingerprint density at radius 2 is 1.77 bits per heavy atom. The molecule has 1 nitrogen and oxygen atoms in total. The molecule has 0 aliphatic carbocycles. The van der Waals surface area contributed by atoms with Crippen LogP contribution in [-0.4, -0.2) is 13.6 Å². The third kappa shape index (κ3) is 3.28. The third-order valence-corrected chi connectivity index (χ3v) is 1.59. The monoisotopic (exact) mass is 207 g/mol. The molecule has 1 N–H and O–H groups in total. The standard InChI is InChI=1S/C9H11F2N.ClH/c1-12-7-9(10,11)8-5-3-2-4-6-8;/h2-6,12H,7H2,1H3;1H. The number of nitrogens with one attached hydrogen (secondary N) is 1. The molecule has 0 saturated heterocycles. The molecule has 74 valence electrons. The van der Waals surface area contributed by atoms with Gasteiger partial charge in [0.15, 0.2) is 0 Å². The van der Waals surface area contributed by atoms with E-state index in [2.05, 4.69) is 5.32 Å². The summed E-state index contributed by atoms with van der Waals surface area (Å²) in [7, 11) is 1.51. The maximum absolute atomic E-state index is 13.1. The SMILES string of the molecule is CNCC(F)(F)c1ccccc1.Cl. The van der Waals surface area contributed by atoms with Gasteiger partial charge in [-0.2, -0.15) is 8.78 Å². The zero-order valence-electron chi connectivity index (χ0n) is 7.26. The first-order valence-electron chi connectivity index (χ1n) is 3.75. The van der Waals surface area contributed by atoms with Crippen LogP contribution < -0.4 is 5.32 Å². The second kappa shape index (κ2) is 5.14. The summed E-state index contributed by atoms with van der Waals surface area (Å²) in [5.41, 5.74) is 0.0550. The van der Waals surface area contributed by atoms with Crippen LogP contribution in [0.3, 0.4) is 0 Å². The van der Waals surface area contributed by atoms with E-state index in [1.165, 1.54) is 19.2 Å². The Balaban J connectivity index is 0.00000144. The average Bonchev–Trinajstić information content (AvgIpc) is 2.06. The fourth-order valence-electron chi connectivity index (χ4n) is 1.01. The van der Waals surface area contributed by atoms with E-state index in [0.717, 1.165) is 0 Å². The van der Waals surface area contributed by atoms with Crippen molar-refractivity contribution in [1.29, 1.82) is 0 Å². The van der Waals surface area contributed by atoms with Crippen molar-refractivity contribution in [3.05, 3.63) is 35.9 Å². The summed E-state index contributed by atoms with van der Waals surface area (Å²) >= 11 is 0. The first-order valence-corrected chi connectivity index (χ1v) is 3.75. The highest BCUT2D eigenvalue weighted by Crippen LogP contribution is 2.26. The highest BCUT2D eigenvalue weighted by Gasteiger charge is 2.29. The molecule has 1 aromatic rings. The van der Waals surface area contributed by atoms with E-state index in [9.17, 15) is 8.78 Å². The summed E-state index contributed by atoms with van der Waals surface area (Å²) in [5, 5.41) is 2.46. The van der Waals surface area contributed by atoms with Crippen LogP contribution in [0.25, 0.3) is 0 Å². The Morgan fingerprint density at radius 3 is 2.23 bits per heavy atom. The van der Waals surface area contributed by atoms with Gasteiger partial charge in [0.05, 0.1) is 6.54 Å². The van der Waals surface area contributed by atoms with Crippen molar-refractivity contribution in [2.75, 3.05) is 13.6 Å². The van der Waals surface area contributed by atoms with Gasteiger partial charge in [-0.1, -0.05) is 30.3 Å². The molecule has 0 spiro atoms. The summed E-state index contributed by atoms with van der Waals surface area (Å²) in [6.07, 6.45) is 0. The molecule has 0 aliphatic heterocycles. The fraction of sp³-hybridized carbons (Fsp3) is 0.333. The predicted molar refractivity (Wildman–Crippen MR) is 51.5 cm³/mol. The normalized spacial score (nSPS) is 10.7. The molecule has 13 heavy (non-hydrogen) atoms. The van der Waals surface area contributed by atoms with Crippen molar-refractivity contribution >= 4 is 12.4 Å². The topological polar surface area (TPSA) is 12.0 Å². The van der Waals surface area contributed by atoms with E-state index < -0.39 is 5.92 Å². The van der Waals surface area contributed by atoms with Crippen molar-refractivity contribution in [2.45, 2.75) is 5.92 Å². The van der Waals surface area contributed by atoms with Gasteiger partial charge in [0.2, 0.25) is 0 Å². The second-order valence-electron chi connectivity index (χ2n) is 2.60. The minimum atomic E-state index is -2.77. The summed E-state index contributed by atoms with van der Waals surface area (Å²) in [6.45, 7) is -0.322. The molecule has 1 rings (SSSR count). The van der Waals surface area contributed by atoms with Gasteiger partial charge in [0.1, 0.15) is 0 Å². The lowest BCUT2D eigenvalue weighted by Gasteiger charge is -2.15. The quantitative estimate of drug-likeness (QED) is 0.803. The zero-order valence-corrected chi connectivity index (χ0v) is 8.07. The van der Waals surface area contributed by atoms with E-state index in [1.807, 2.05) is 0 Å². The lowest BCUT2D eigenvalue weighted by molar-refractivity contribution is -0.00125. The Labute approximate surface area is 82.6 Å². The number of hydrogen-bond acceptors (Lipinski definition) is 1. The number of rotatable bonds is 3. The van der Waals surface area contributed by atoms with Gasteiger partial charge >= 0.3 is 0 Å². The smallest absolute Gasteiger partial charge is 0.285 e. The highest BCUT2D eigenvalue weighted by molar-refractivity contribution is 5.85. The molecular formula is C9H12ClF2N. The average molecular weight is 208 g/mol. The van der Waals surface area contributed by atoms with Gasteiger partial charge < -0.3 is 5.32 Å². The van der Waals surface area contributed by atoms with Gasteiger partial charge in [-0.25, -0.2) is 0 Å². The molecule has 0 fully saturated rings. The zero-order chi connectivity index (χ0) is 9.03. The van der Waals surface area contributed by atoms with Crippen molar-refractivity contribution in [3.8, 4) is 0 Å². The number of alkyl halides is 2. The first kappa shape index (κ1) is 12.3. The molecular weight excluding hydrogens is 196 g/mol. The van der Waals surface area contributed by atoms with Crippen molar-refractivity contribution in [2.24, 2.45) is 0 Å². The molecule has 0 amide bonds. The molecule has 0 aliphatic rings.